The Kier molecular flexibility index (Phi) is 3.47. The van der Waals surface area contributed by atoms with Crippen LogP contribution in [0.3, 0.4) is 0 Å². The van der Waals surface area contributed by atoms with Gasteiger partial charge in [0.2, 0.25) is 0 Å². The molecule has 4 heteroatoms. The smallest absolute Gasteiger partial charge is 0.152 e. The lowest BCUT2D eigenvalue weighted by Gasteiger charge is -2.12. The van der Waals surface area contributed by atoms with Crippen LogP contribution in [0.5, 0.6) is 0 Å². The van der Waals surface area contributed by atoms with Crippen molar-refractivity contribution >= 4 is 22.6 Å². The second-order valence-corrected chi connectivity index (χ2v) is 5.12. The van der Waals surface area contributed by atoms with Crippen LogP contribution in [0, 0.1) is 0 Å². The van der Waals surface area contributed by atoms with Crippen molar-refractivity contribution in [2.45, 2.75) is 19.4 Å². The van der Waals surface area contributed by atoms with E-state index in [4.69, 9.17) is 21.8 Å². The third-order valence-corrected chi connectivity index (χ3v) is 3.78. The molecule has 3 rings (SSSR count). The summed E-state index contributed by atoms with van der Waals surface area (Å²) in [6.45, 7) is 2.09. The number of halogens is 1. The molecule has 3 aromatic rings. The molecule has 1 atom stereocenters. The topological polar surface area (TPSA) is 52.0 Å². The molecule has 0 spiro atoms. The number of aryl methyl sites for hydroxylation is 1. The standard InChI is InChI=1S/C16H15ClN2O/c1-2-10-9-19-7-6-12(10)15(18)14-8-11-4-3-5-13(17)16(11)20-14/h3-9,15H,2,18H2,1H3. The van der Waals surface area contributed by atoms with Gasteiger partial charge in [0.25, 0.3) is 0 Å². The van der Waals surface area contributed by atoms with Crippen molar-refractivity contribution in [1.82, 2.24) is 4.98 Å². The quantitative estimate of drug-likeness (QED) is 0.789. The van der Waals surface area contributed by atoms with Crippen molar-refractivity contribution in [3.63, 3.8) is 0 Å². The van der Waals surface area contributed by atoms with E-state index in [1.54, 1.807) is 6.20 Å². The fraction of sp³-hybridized carbons (Fsp3) is 0.188. The van der Waals surface area contributed by atoms with Gasteiger partial charge in [-0.05, 0) is 35.7 Å². The predicted octanol–water partition coefficient (Wildman–Crippen LogP) is 4.09. The van der Waals surface area contributed by atoms with Gasteiger partial charge in [0.15, 0.2) is 5.58 Å². The maximum atomic E-state index is 6.34. The molecule has 2 aromatic heterocycles. The fourth-order valence-corrected chi connectivity index (χ4v) is 2.61. The first-order chi connectivity index (χ1) is 9.70. The molecule has 1 unspecified atom stereocenters. The Morgan fingerprint density at radius 2 is 2.20 bits per heavy atom. The second kappa shape index (κ2) is 5.27. The highest BCUT2D eigenvalue weighted by atomic mass is 35.5. The SMILES string of the molecule is CCc1cnccc1C(N)c1cc2cccc(Cl)c2o1. The largest absolute Gasteiger partial charge is 0.457 e. The van der Waals surface area contributed by atoms with Crippen molar-refractivity contribution in [2.24, 2.45) is 5.73 Å². The maximum Gasteiger partial charge on any atom is 0.152 e. The van der Waals surface area contributed by atoms with Gasteiger partial charge in [-0.2, -0.15) is 0 Å². The minimum absolute atomic E-state index is 0.309. The van der Waals surface area contributed by atoms with Crippen LogP contribution in [-0.2, 0) is 6.42 Å². The number of benzene rings is 1. The Bertz CT molecular complexity index is 751. The Morgan fingerprint density at radius 3 is 2.95 bits per heavy atom. The zero-order chi connectivity index (χ0) is 14.1. The van der Waals surface area contributed by atoms with Gasteiger partial charge in [-0.15, -0.1) is 0 Å². The molecule has 2 N–H and O–H groups in total. The van der Waals surface area contributed by atoms with E-state index in [0.717, 1.165) is 22.9 Å². The average molecular weight is 287 g/mol. The molecule has 0 bridgehead atoms. The molecular weight excluding hydrogens is 272 g/mol. The summed E-state index contributed by atoms with van der Waals surface area (Å²) in [5.41, 5.74) is 9.20. The molecule has 0 aliphatic heterocycles. The maximum absolute atomic E-state index is 6.34. The zero-order valence-corrected chi connectivity index (χ0v) is 11.9. The number of nitrogens with zero attached hydrogens (tertiary/aromatic N) is 1. The van der Waals surface area contributed by atoms with E-state index in [9.17, 15) is 0 Å². The lowest BCUT2D eigenvalue weighted by molar-refractivity contribution is 0.523. The molecular formula is C16H15ClN2O. The highest BCUT2D eigenvalue weighted by molar-refractivity contribution is 6.34. The molecule has 0 fully saturated rings. The Morgan fingerprint density at radius 1 is 1.35 bits per heavy atom. The van der Waals surface area contributed by atoms with Crippen LogP contribution in [0.15, 0.2) is 47.1 Å². The summed E-state index contributed by atoms with van der Waals surface area (Å²) >= 11 is 6.14. The highest BCUT2D eigenvalue weighted by Gasteiger charge is 2.17. The molecule has 0 saturated heterocycles. The van der Waals surface area contributed by atoms with Crippen LogP contribution >= 0.6 is 11.6 Å². The van der Waals surface area contributed by atoms with Crippen LogP contribution in [-0.4, -0.2) is 4.98 Å². The fourth-order valence-electron chi connectivity index (χ4n) is 2.39. The first-order valence-electron chi connectivity index (χ1n) is 6.57. The zero-order valence-electron chi connectivity index (χ0n) is 11.1. The molecule has 1 aromatic carbocycles. The molecule has 0 radical (unpaired) electrons. The average Bonchev–Trinajstić information content (AvgIpc) is 2.92. The summed E-state index contributed by atoms with van der Waals surface area (Å²) in [7, 11) is 0. The number of hydrogen-bond donors (Lipinski definition) is 1. The number of para-hydroxylation sites is 1. The van der Waals surface area contributed by atoms with E-state index in [2.05, 4.69) is 11.9 Å². The van der Waals surface area contributed by atoms with Gasteiger partial charge < -0.3 is 10.2 Å². The summed E-state index contributed by atoms with van der Waals surface area (Å²) in [6.07, 6.45) is 4.49. The van der Waals surface area contributed by atoms with Crippen molar-refractivity contribution in [1.29, 1.82) is 0 Å². The van der Waals surface area contributed by atoms with Crippen molar-refractivity contribution in [2.75, 3.05) is 0 Å². The van der Waals surface area contributed by atoms with E-state index >= 15 is 0 Å². The molecule has 0 saturated carbocycles. The van der Waals surface area contributed by atoms with Gasteiger partial charge in [-0.1, -0.05) is 30.7 Å². The number of nitrogens with two attached hydrogens (primary N) is 1. The molecule has 0 amide bonds. The van der Waals surface area contributed by atoms with Crippen LogP contribution in [0.4, 0.5) is 0 Å². The van der Waals surface area contributed by atoms with Gasteiger partial charge in [0, 0.05) is 17.8 Å². The van der Waals surface area contributed by atoms with Crippen LogP contribution in [0.2, 0.25) is 5.02 Å². The van der Waals surface area contributed by atoms with Gasteiger partial charge >= 0.3 is 0 Å². The number of hydrogen-bond acceptors (Lipinski definition) is 3. The van der Waals surface area contributed by atoms with Crippen molar-refractivity contribution in [3.05, 3.63) is 64.6 Å². The molecule has 3 nitrogen and oxygen atoms in total. The Balaban J connectivity index is 2.08. The number of aromatic nitrogens is 1. The third-order valence-electron chi connectivity index (χ3n) is 3.48. The molecule has 102 valence electrons. The number of fused-ring (bicyclic) bond motifs is 1. The molecule has 0 aliphatic carbocycles. The summed E-state index contributed by atoms with van der Waals surface area (Å²) in [6, 6.07) is 9.26. The molecule has 20 heavy (non-hydrogen) atoms. The van der Waals surface area contributed by atoms with Gasteiger partial charge in [0.05, 0.1) is 11.1 Å². The highest BCUT2D eigenvalue weighted by Crippen LogP contribution is 2.31. The summed E-state index contributed by atoms with van der Waals surface area (Å²) < 4.78 is 5.84. The van der Waals surface area contributed by atoms with Crippen molar-refractivity contribution < 1.29 is 4.42 Å². The van der Waals surface area contributed by atoms with Gasteiger partial charge in [-0.25, -0.2) is 0 Å². The predicted molar refractivity (Wildman–Crippen MR) is 80.9 cm³/mol. The number of pyridine rings is 1. The monoisotopic (exact) mass is 286 g/mol. The Hall–Kier alpha value is -1.84. The van der Waals surface area contributed by atoms with E-state index < -0.39 is 0 Å². The second-order valence-electron chi connectivity index (χ2n) is 4.71. The van der Waals surface area contributed by atoms with Crippen LogP contribution < -0.4 is 5.73 Å². The normalized spacial score (nSPS) is 12.8. The van der Waals surface area contributed by atoms with E-state index in [0.29, 0.717) is 16.4 Å². The minimum Gasteiger partial charge on any atom is -0.457 e. The van der Waals surface area contributed by atoms with Crippen LogP contribution in [0.1, 0.15) is 29.9 Å². The first kappa shape index (κ1) is 13.2. The molecule has 0 aliphatic rings. The summed E-state index contributed by atoms with van der Waals surface area (Å²) in [5, 5.41) is 1.57. The van der Waals surface area contributed by atoms with Gasteiger partial charge in [0.1, 0.15) is 5.76 Å². The molecule has 2 heterocycles. The van der Waals surface area contributed by atoms with Gasteiger partial charge in [-0.3, -0.25) is 4.98 Å². The Labute approximate surface area is 122 Å². The van der Waals surface area contributed by atoms with Crippen molar-refractivity contribution in [3.8, 4) is 0 Å². The summed E-state index contributed by atoms with van der Waals surface area (Å²) in [4.78, 5) is 4.14. The van der Waals surface area contributed by atoms with E-state index in [-0.39, 0.29) is 6.04 Å². The van der Waals surface area contributed by atoms with Crippen LogP contribution in [0.25, 0.3) is 11.0 Å². The number of furan rings is 1. The van der Waals surface area contributed by atoms with E-state index in [1.165, 1.54) is 0 Å². The number of rotatable bonds is 3. The lowest BCUT2D eigenvalue weighted by Crippen LogP contribution is -2.13. The van der Waals surface area contributed by atoms with E-state index in [1.807, 2.05) is 36.5 Å². The minimum atomic E-state index is -0.309. The summed E-state index contributed by atoms with van der Waals surface area (Å²) in [5.74, 6) is 0.717. The third kappa shape index (κ3) is 2.19. The first-order valence-corrected chi connectivity index (χ1v) is 6.94. The lowest BCUT2D eigenvalue weighted by atomic mass is 10.00.